The minimum Gasteiger partial charge on any atom is -0.312 e. The lowest BCUT2D eigenvalue weighted by molar-refractivity contribution is 1.14. The van der Waals surface area contributed by atoms with E-state index in [1.165, 1.54) is 9.75 Å². The van der Waals surface area contributed by atoms with Gasteiger partial charge in [0.15, 0.2) is 0 Å². The van der Waals surface area contributed by atoms with Crippen molar-refractivity contribution in [2.75, 3.05) is 0 Å². The SMILES string of the molecule is [C-]#[N+]Cc1c(C)sc(C)c1CC#N. The lowest BCUT2D eigenvalue weighted by Gasteiger charge is -1.94. The average molecular weight is 190 g/mol. The summed E-state index contributed by atoms with van der Waals surface area (Å²) < 4.78 is 0. The van der Waals surface area contributed by atoms with Crippen LogP contribution >= 0.6 is 11.3 Å². The first kappa shape index (κ1) is 9.77. The number of aryl methyl sites for hydroxylation is 2. The second kappa shape index (κ2) is 4.07. The van der Waals surface area contributed by atoms with Gasteiger partial charge in [-0.15, -0.1) is 11.3 Å². The fraction of sp³-hybridized carbons (Fsp3) is 0.400. The third-order valence-corrected chi connectivity index (χ3v) is 3.12. The molecule has 66 valence electrons. The third kappa shape index (κ3) is 1.88. The largest absolute Gasteiger partial charge is 0.312 e. The zero-order valence-electron chi connectivity index (χ0n) is 7.72. The van der Waals surface area contributed by atoms with Gasteiger partial charge in [-0.05, 0) is 19.4 Å². The molecule has 0 unspecified atom stereocenters. The predicted octanol–water partition coefficient (Wildman–Crippen LogP) is 2.85. The number of nitrogens with zero attached hydrogens (tertiary/aromatic N) is 2. The molecule has 0 bridgehead atoms. The normalized spacial score (nSPS) is 9.23. The monoisotopic (exact) mass is 190 g/mol. The molecule has 13 heavy (non-hydrogen) atoms. The Morgan fingerprint density at radius 3 is 2.54 bits per heavy atom. The number of rotatable bonds is 2. The van der Waals surface area contributed by atoms with E-state index >= 15 is 0 Å². The van der Waals surface area contributed by atoms with Gasteiger partial charge >= 0.3 is 0 Å². The predicted molar refractivity (Wildman–Crippen MR) is 53.4 cm³/mol. The van der Waals surface area contributed by atoms with Gasteiger partial charge in [0.05, 0.1) is 12.5 Å². The van der Waals surface area contributed by atoms with E-state index in [1.54, 1.807) is 11.3 Å². The standard InChI is InChI=1S/C10H10N2S/c1-7-9(4-5-11)10(6-12-3)8(2)13-7/h4,6H2,1-2H3. The molecule has 0 atom stereocenters. The van der Waals surface area contributed by atoms with Crippen molar-refractivity contribution in [3.05, 3.63) is 32.3 Å². The van der Waals surface area contributed by atoms with Gasteiger partial charge < -0.3 is 4.85 Å². The summed E-state index contributed by atoms with van der Waals surface area (Å²) in [5.41, 5.74) is 2.14. The maximum absolute atomic E-state index is 8.62. The van der Waals surface area contributed by atoms with Gasteiger partial charge in [-0.25, -0.2) is 6.57 Å². The van der Waals surface area contributed by atoms with Crippen LogP contribution in [0, 0.1) is 31.8 Å². The Bertz CT molecular complexity index is 354. The summed E-state index contributed by atoms with van der Waals surface area (Å²) in [5.74, 6) is 0. The second-order valence-corrected chi connectivity index (χ2v) is 4.25. The zero-order chi connectivity index (χ0) is 9.84. The quantitative estimate of drug-likeness (QED) is 0.659. The smallest absolute Gasteiger partial charge is 0.241 e. The molecule has 1 aromatic heterocycles. The molecule has 0 saturated carbocycles. The molecular weight excluding hydrogens is 180 g/mol. The van der Waals surface area contributed by atoms with Crippen LogP contribution in [-0.4, -0.2) is 0 Å². The van der Waals surface area contributed by atoms with Gasteiger partial charge in [-0.2, -0.15) is 5.26 Å². The van der Waals surface area contributed by atoms with E-state index in [2.05, 4.69) is 10.9 Å². The van der Waals surface area contributed by atoms with Crippen LogP contribution < -0.4 is 0 Å². The topological polar surface area (TPSA) is 28.1 Å². The lowest BCUT2D eigenvalue weighted by atomic mass is 10.1. The van der Waals surface area contributed by atoms with Crippen LogP contribution in [-0.2, 0) is 13.0 Å². The number of thiophene rings is 1. The highest BCUT2D eigenvalue weighted by atomic mass is 32.1. The Hall–Kier alpha value is -1.32. The molecule has 0 aliphatic heterocycles. The highest BCUT2D eigenvalue weighted by Crippen LogP contribution is 2.28. The molecule has 0 N–H and O–H groups in total. The van der Waals surface area contributed by atoms with Crippen LogP contribution in [0.4, 0.5) is 0 Å². The molecule has 0 spiro atoms. The molecule has 1 rings (SSSR count). The molecule has 0 saturated heterocycles. The summed E-state index contributed by atoms with van der Waals surface area (Å²) in [7, 11) is 0. The first-order valence-corrected chi connectivity index (χ1v) is 4.80. The van der Waals surface area contributed by atoms with E-state index < -0.39 is 0 Å². The molecule has 0 aliphatic carbocycles. The summed E-state index contributed by atoms with van der Waals surface area (Å²) in [4.78, 5) is 5.73. The maximum Gasteiger partial charge on any atom is 0.241 e. The van der Waals surface area contributed by atoms with Crippen molar-refractivity contribution in [3.8, 4) is 6.07 Å². The molecule has 3 heteroatoms. The van der Waals surface area contributed by atoms with E-state index in [-0.39, 0.29) is 0 Å². The summed E-state index contributed by atoms with van der Waals surface area (Å²) >= 11 is 1.68. The highest BCUT2D eigenvalue weighted by Gasteiger charge is 2.14. The highest BCUT2D eigenvalue weighted by molar-refractivity contribution is 7.12. The fourth-order valence-corrected chi connectivity index (χ4v) is 2.46. The van der Waals surface area contributed by atoms with Crippen molar-refractivity contribution in [3.63, 3.8) is 0 Å². The fourth-order valence-electron chi connectivity index (χ4n) is 1.37. The zero-order valence-corrected chi connectivity index (χ0v) is 8.53. The molecule has 1 heterocycles. The van der Waals surface area contributed by atoms with Gasteiger partial charge in [0.2, 0.25) is 6.54 Å². The molecule has 1 aromatic rings. The minimum absolute atomic E-state index is 0.410. The molecule has 0 amide bonds. The van der Waals surface area contributed by atoms with Crippen LogP contribution in [0.25, 0.3) is 4.85 Å². The second-order valence-electron chi connectivity index (χ2n) is 2.82. The van der Waals surface area contributed by atoms with Gasteiger partial charge in [0.25, 0.3) is 0 Å². The van der Waals surface area contributed by atoms with Crippen molar-refractivity contribution in [1.82, 2.24) is 0 Å². The van der Waals surface area contributed by atoms with Crippen LogP contribution in [0.15, 0.2) is 0 Å². The van der Waals surface area contributed by atoms with Crippen molar-refractivity contribution >= 4 is 11.3 Å². The summed E-state index contributed by atoms with van der Waals surface area (Å²) in [6.07, 6.45) is 0.432. The van der Waals surface area contributed by atoms with Crippen molar-refractivity contribution in [1.29, 1.82) is 5.26 Å². The van der Waals surface area contributed by atoms with E-state index in [4.69, 9.17) is 11.8 Å². The number of hydrogen-bond acceptors (Lipinski definition) is 2. The van der Waals surface area contributed by atoms with Crippen LogP contribution in [0.5, 0.6) is 0 Å². The first-order chi connectivity index (χ1) is 6.20. The Balaban J connectivity index is 3.16. The summed E-state index contributed by atoms with van der Waals surface area (Å²) in [6, 6.07) is 2.14. The molecule has 0 radical (unpaired) electrons. The van der Waals surface area contributed by atoms with E-state index in [9.17, 15) is 0 Å². The molecule has 0 aliphatic rings. The van der Waals surface area contributed by atoms with Gasteiger partial charge in [-0.3, -0.25) is 0 Å². The molecule has 0 fully saturated rings. The number of hydrogen-bond donors (Lipinski definition) is 0. The Morgan fingerprint density at radius 1 is 1.38 bits per heavy atom. The average Bonchev–Trinajstić information content (AvgIpc) is 2.33. The van der Waals surface area contributed by atoms with Gasteiger partial charge in [0.1, 0.15) is 0 Å². The Kier molecular flexibility index (Phi) is 3.06. The lowest BCUT2D eigenvalue weighted by Crippen LogP contribution is -1.89. The van der Waals surface area contributed by atoms with Crippen molar-refractivity contribution < 1.29 is 0 Å². The van der Waals surface area contributed by atoms with Crippen LogP contribution in [0.1, 0.15) is 20.9 Å². The maximum atomic E-state index is 8.62. The summed E-state index contributed by atoms with van der Waals surface area (Å²) in [6.45, 7) is 11.3. The van der Waals surface area contributed by atoms with E-state index in [0.29, 0.717) is 13.0 Å². The van der Waals surface area contributed by atoms with Gasteiger partial charge in [-0.1, -0.05) is 0 Å². The first-order valence-electron chi connectivity index (χ1n) is 3.98. The van der Waals surface area contributed by atoms with E-state index in [0.717, 1.165) is 11.1 Å². The molecule has 0 aromatic carbocycles. The molecular formula is C10H10N2S. The number of nitriles is 1. The van der Waals surface area contributed by atoms with Crippen LogP contribution in [0.2, 0.25) is 0 Å². The van der Waals surface area contributed by atoms with E-state index in [1.807, 2.05) is 13.8 Å². The Morgan fingerprint density at radius 2 is 2.00 bits per heavy atom. The third-order valence-electron chi connectivity index (χ3n) is 2.01. The van der Waals surface area contributed by atoms with Crippen LogP contribution in [0.3, 0.4) is 0 Å². The molecule has 2 nitrogen and oxygen atoms in total. The van der Waals surface area contributed by atoms with Crippen molar-refractivity contribution in [2.24, 2.45) is 0 Å². The van der Waals surface area contributed by atoms with Gasteiger partial charge in [0, 0.05) is 15.3 Å². The Labute approximate surface area is 82.3 Å². The van der Waals surface area contributed by atoms with Crippen molar-refractivity contribution in [2.45, 2.75) is 26.8 Å². The summed E-state index contributed by atoms with van der Waals surface area (Å²) in [5, 5.41) is 8.62. The minimum atomic E-state index is 0.410.